The molecule has 156 valence electrons. The molecule has 0 unspecified atom stereocenters. The minimum absolute atomic E-state index is 0.155. The molecule has 0 aliphatic carbocycles. The van der Waals surface area contributed by atoms with Gasteiger partial charge < -0.3 is 14.5 Å². The molecule has 30 heavy (non-hydrogen) atoms. The molecule has 2 aromatic carbocycles. The third-order valence-corrected chi connectivity index (χ3v) is 5.56. The molecule has 2 heterocycles. The third kappa shape index (κ3) is 5.10. The van der Waals surface area contributed by atoms with E-state index >= 15 is 0 Å². The SMILES string of the molecule is O=C(CCn1ccnn1)N1CCN(c2cccc(OCc3ccccc3Cl)c2)CC1. The van der Waals surface area contributed by atoms with Crippen molar-refractivity contribution < 1.29 is 9.53 Å². The molecule has 0 N–H and O–H groups in total. The predicted molar refractivity (Wildman–Crippen MR) is 116 cm³/mol. The van der Waals surface area contributed by atoms with Crippen LogP contribution in [-0.2, 0) is 17.9 Å². The Morgan fingerprint density at radius 3 is 2.67 bits per heavy atom. The van der Waals surface area contributed by atoms with E-state index in [1.807, 2.05) is 47.4 Å². The lowest BCUT2D eigenvalue weighted by Gasteiger charge is -2.36. The van der Waals surface area contributed by atoms with Gasteiger partial charge in [-0.05, 0) is 18.2 Å². The number of hydrogen-bond donors (Lipinski definition) is 0. The normalized spacial score (nSPS) is 14.0. The Morgan fingerprint density at radius 2 is 1.90 bits per heavy atom. The van der Waals surface area contributed by atoms with Gasteiger partial charge in [-0.1, -0.05) is 41.1 Å². The molecule has 1 aromatic heterocycles. The second kappa shape index (κ2) is 9.63. The van der Waals surface area contributed by atoms with Gasteiger partial charge in [0.25, 0.3) is 0 Å². The molecule has 3 aromatic rings. The average Bonchev–Trinajstić information content (AvgIpc) is 3.31. The van der Waals surface area contributed by atoms with E-state index in [1.54, 1.807) is 17.1 Å². The Hall–Kier alpha value is -3.06. The van der Waals surface area contributed by atoms with Gasteiger partial charge in [0, 0.05) is 61.1 Å². The highest BCUT2D eigenvalue weighted by Gasteiger charge is 2.21. The van der Waals surface area contributed by atoms with E-state index in [4.69, 9.17) is 16.3 Å². The third-order valence-electron chi connectivity index (χ3n) is 5.19. The Bertz CT molecular complexity index is 971. The first-order valence-electron chi connectivity index (χ1n) is 10.0. The maximum atomic E-state index is 12.5. The number of carbonyl (C=O) groups is 1. The van der Waals surface area contributed by atoms with Gasteiger partial charge in [0.2, 0.25) is 5.91 Å². The highest BCUT2D eigenvalue weighted by Crippen LogP contribution is 2.24. The number of hydrogen-bond acceptors (Lipinski definition) is 5. The number of halogens is 1. The van der Waals surface area contributed by atoms with Gasteiger partial charge in [-0.25, -0.2) is 0 Å². The monoisotopic (exact) mass is 425 g/mol. The molecule has 0 spiro atoms. The first-order chi connectivity index (χ1) is 14.7. The first kappa shape index (κ1) is 20.2. The van der Waals surface area contributed by atoms with Crippen LogP contribution in [0.25, 0.3) is 0 Å². The summed E-state index contributed by atoms with van der Waals surface area (Å²) >= 11 is 6.21. The molecule has 7 nitrogen and oxygen atoms in total. The van der Waals surface area contributed by atoms with Crippen molar-refractivity contribution in [2.45, 2.75) is 19.6 Å². The van der Waals surface area contributed by atoms with Crippen LogP contribution in [0.4, 0.5) is 5.69 Å². The fraction of sp³-hybridized carbons (Fsp3) is 0.318. The predicted octanol–water partition coefficient (Wildman–Crippen LogP) is 3.25. The van der Waals surface area contributed by atoms with Gasteiger partial charge in [0.1, 0.15) is 12.4 Å². The Morgan fingerprint density at radius 1 is 1.07 bits per heavy atom. The van der Waals surface area contributed by atoms with Crippen LogP contribution < -0.4 is 9.64 Å². The molecule has 0 saturated carbocycles. The summed E-state index contributed by atoms with van der Waals surface area (Å²) in [5.74, 6) is 0.959. The van der Waals surface area contributed by atoms with Crippen molar-refractivity contribution in [1.29, 1.82) is 0 Å². The minimum Gasteiger partial charge on any atom is -0.489 e. The van der Waals surface area contributed by atoms with Gasteiger partial charge >= 0.3 is 0 Å². The Balaban J connectivity index is 1.28. The largest absolute Gasteiger partial charge is 0.489 e. The van der Waals surface area contributed by atoms with E-state index < -0.39 is 0 Å². The number of aromatic nitrogens is 3. The molecule has 1 amide bonds. The topological polar surface area (TPSA) is 63.5 Å². The summed E-state index contributed by atoms with van der Waals surface area (Å²) in [5, 5.41) is 8.37. The van der Waals surface area contributed by atoms with Gasteiger partial charge in [0.15, 0.2) is 0 Å². The number of amides is 1. The fourth-order valence-corrected chi connectivity index (χ4v) is 3.67. The summed E-state index contributed by atoms with van der Waals surface area (Å²) in [5.41, 5.74) is 2.06. The standard InChI is InChI=1S/C22H24ClN5O2/c23-21-7-2-1-4-18(21)17-30-20-6-3-5-19(16-20)26-12-14-27(15-13-26)22(29)8-10-28-11-9-24-25-28/h1-7,9,11,16H,8,10,12-15,17H2. The molecule has 1 fully saturated rings. The molecular weight excluding hydrogens is 402 g/mol. The van der Waals surface area contributed by atoms with Gasteiger partial charge in [-0.2, -0.15) is 0 Å². The van der Waals surface area contributed by atoms with Crippen LogP contribution in [0.2, 0.25) is 5.02 Å². The van der Waals surface area contributed by atoms with Gasteiger partial charge in [-0.15, -0.1) is 5.10 Å². The number of anilines is 1. The summed E-state index contributed by atoms with van der Waals surface area (Å²) in [6.45, 7) is 3.99. The van der Waals surface area contributed by atoms with Crippen molar-refractivity contribution in [2.24, 2.45) is 0 Å². The van der Waals surface area contributed by atoms with E-state index in [0.29, 0.717) is 37.7 Å². The molecule has 0 radical (unpaired) electrons. The number of aryl methyl sites for hydroxylation is 1. The molecule has 0 bridgehead atoms. The molecular formula is C22H24ClN5O2. The minimum atomic E-state index is 0.155. The molecule has 8 heteroatoms. The second-order valence-corrected chi connectivity index (χ2v) is 7.57. The van der Waals surface area contributed by atoms with Gasteiger partial charge in [-0.3, -0.25) is 9.48 Å². The molecule has 0 atom stereocenters. The number of piperazine rings is 1. The lowest BCUT2D eigenvalue weighted by molar-refractivity contribution is -0.131. The lowest BCUT2D eigenvalue weighted by atomic mass is 10.2. The van der Waals surface area contributed by atoms with Crippen molar-refractivity contribution in [3.63, 3.8) is 0 Å². The zero-order chi connectivity index (χ0) is 20.8. The maximum absolute atomic E-state index is 12.5. The maximum Gasteiger partial charge on any atom is 0.224 e. The number of ether oxygens (including phenoxy) is 1. The van der Waals surface area contributed by atoms with Crippen molar-refractivity contribution in [2.75, 3.05) is 31.1 Å². The molecule has 1 aliphatic rings. The quantitative estimate of drug-likeness (QED) is 0.581. The number of carbonyl (C=O) groups excluding carboxylic acids is 1. The van der Waals surface area contributed by atoms with Gasteiger partial charge in [0.05, 0.1) is 12.7 Å². The van der Waals surface area contributed by atoms with Crippen LogP contribution in [0.1, 0.15) is 12.0 Å². The molecule has 1 aliphatic heterocycles. The average molecular weight is 426 g/mol. The van der Waals surface area contributed by atoms with Crippen LogP contribution >= 0.6 is 11.6 Å². The van der Waals surface area contributed by atoms with Crippen molar-refractivity contribution in [3.05, 3.63) is 71.5 Å². The van der Waals surface area contributed by atoms with Crippen molar-refractivity contribution in [1.82, 2.24) is 19.9 Å². The highest BCUT2D eigenvalue weighted by atomic mass is 35.5. The van der Waals surface area contributed by atoms with Crippen LogP contribution in [-0.4, -0.2) is 52.0 Å². The smallest absolute Gasteiger partial charge is 0.224 e. The number of benzene rings is 2. The van der Waals surface area contributed by atoms with E-state index in [9.17, 15) is 4.79 Å². The zero-order valence-corrected chi connectivity index (χ0v) is 17.4. The van der Waals surface area contributed by atoms with Crippen molar-refractivity contribution in [3.8, 4) is 5.75 Å². The first-order valence-corrected chi connectivity index (χ1v) is 10.4. The number of rotatable bonds is 7. The highest BCUT2D eigenvalue weighted by molar-refractivity contribution is 6.31. The zero-order valence-electron chi connectivity index (χ0n) is 16.7. The second-order valence-electron chi connectivity index (χ2n) is 7.16. The summed E-state index contributed by atoms with van der Waals surface area (Å²) in [6.07, 6.45) is 3.83. The van der Waals surface area contributed by atoms with Crippen LogP contribution in [0, 0.1) is 0 Å². The van der Waals surface area contributed by atoms with E-state index in [0.717, 1.165) is 30.1 Å². The summed E-state index contributed by atoms with van der Waals surface area (Å²) in [4.78, 5) is 16.7. The van der Waals surface area contributed by atoms with Crippen LogP contribution in [0.3, 0.4) is 0 Å². The number of nitrogens with zero attached hydrogens (tertiary/aromatic N) is 5. The summed E-state index contributed by atoms with van der Waals surface area (Å²) < 4.78 is 7.62. The summed E-state index contributed by atoms with van der Waals surface area (Å²) in [6, 6.07) is 15.7. The van der Waals surface area contributed by atoms with Crippen molar-refractivity contribution >= 4 is 23.2 Å². The molecule has 1 saturated heterocycles. The van der Waals surface area contributed by atoms with E-state index in [1.165, 1.54) is 0 Å². The summed E-state index contributed by atoms with van der Waals surface area (Å²) in [7, 11) is 0. The fourth-order valence-electron chi connectivity index (χ4n) is 3.48. The lowest BCUT2D eigenvalue weighted by Crippen LogP contribution is -2.49. The van der Waals surface area contributed by atoms with E-state index in [-0.39, 0.29) is 5.91 Å². The van der Waals surface area contributed by atoms with Crippen LogP contribution in [0.5, 0.6) is 5.75 Å². The van der Waals surface area contributed by atoms with E-state index in [2.05, 4.69) is 21.3 Å². The Kier molecular flexibility index (Phi) is 6.49. The molecule has 4 rings (SSSR count). The Labute approximate surface area is 180 Å². The van der Waals surface area contributed by atoms with Crippen LogP contribution in [0.15, 0.2) is 60.9 Å².